The predicted molar refractivity (Wildman–Crippen MR) is 92.2 cm³/mol. The summed E-state index contributed by atoms with van der Waals surface area (Å²) in [5, 5.41) is 0. The van der Waals surface area contributed by atoms with Crippen LogP contribution < -0.4 is 4.74 Å². The molecule has 0 amide bonds. The molecular formula is C17H19N3O5S. The molecule has 0 bridgehead atoms. The van der Waals surface area contributed by atoms with E-state index in [2.05, 4.69) is 14.7 Å². The van der Waals surface area contributed by atoms with Crippen LogP contribution in [0.5, 0.6) is 5.88 Å². The summed E-state index contributed by atoms with van der Waals surface area (Å²) in [5.74, 6) is -0.136. The molecule has 138 valence electrons. The maximum atomic E-state index is 12.9. The third-order valence-electron chi connectivity index (χ3n) is 4.08. The Balaban J connectivity index is 1.73. The van der Waals surface area contributed by atoms with E-state index in [4.69, 9.17) is 4.74 Å². The first-order valence-electron chi connectivity index (χ1n) is 8.12. The van der Waals surface area contributed by atoms with E-state index in [0.29, 0.717) is 24.4 Å². The maximum absolute atomic E-state index is 12.9. The van der Waals surface area contributed by atoms with Crippen LogP contribution in [0.2, 0.25) is 0 Å². The molecule has 9 heteroatoms. The molecule has 0 radical (unpaired) electrons. The minimum atomic E-state index is -3.67. The van der Waals surface area contributed by atoms with E-state index in [1.807, 2.05) is 0 Å². The smallest absolute Gasteiger partial charge is 0.337 e. The number of benzene rings is 1. The van der Waals surface area contributed by atoms with E-state index in [9.17, 15) is 13.2 Å². The standard InChI is InChI=1S/C17H19N3O5S/c1-24-17(21)13-4-6-15(7-5-13)26(22,23)20-10-2-3-14(12-20)25-16-11-18-8-9-19-16/h4-9,11,14H,2-3,10,12H2,1H3. The molecule has 26 heavy (non-hydrogen) atoms. The van der Waals surface area contributed by atoms with Gasteiger partial charge in [0.25, 0.3) is 0 Å². The number of carbonyl (C=O) groups excluding carboxylic acids is 1. The quantitative estimate of drug-likeness (QED) is 0.728. The summed E-state index contributed by atoms with van der Waals surface area (Å²) >= 11 is 0. The van der Waals surface area contributed by atoms with E-state index >= 15 is 0 Å². The molecule has 1 fully saturated rings. The second kappa shape index (κ2) is 7.79. The zero-order valence-corrected chi connectivity index (χ0v) is 15.1. The zero-order chi connectivity index (χ0) is 18.6. The van der Waals surface area contributed by atoms with Gasteiger partial charge in [-0.2, -0.15) is 4.31 Å². The number of esters is 1. The molecule has 1 atom stereocenters. The fraction of sp³-hybridized carbons (Fsp3) is 0.353. The summed E-state index contributed by atoms with van der Waals surface area (Å²) in [4.78, 5) is 19.6. The summed E-state index contributed by atoms with van der Waals surface area (Å²) < 4.78 is 37.5. The van der Waals surface area contributed by atoms with Gasteiger partial charge in [0.15, 0.2) is 0 Å². The lowest BCUT2D eigenvalue weighted by atomic mass is 10.1. The van der Waals surface area contributed by atoms with Gasteiger partial charge in [0.1, 0.15) is 6.10 Å². The molecule has 3 rings (SSSR count). The SMILES string of the molecule is COC(=O)c1ccc(S(=O)(=O)N2CCCC(Oc3cnccn3)C2)cc1. The Morgan fingerprint density at radius 2 is 2.00 bits per heavy atom. The summed E-state index contributed by atoms with van der Waals surface area (Å²) in [6.07, 6.45) is 5.70. The lowest BCUT2D eigenvalue weighted by Crippen LogP contribution is -2.44. The number of piperidine rings is 1. The third kappa shape index (κ3) is 4.00. The first-order valence-corrected chi connectivity index (χ1v) is 9.56. The van der Waals surface area contributed by atoms with Crippen LogP contribution in [0.3, 0.4) is 0 Å². The average Bonchev–Trinajstić information content (AvgIpc) is 2.68. The van der Waals surface area contributed by atoms with Gasteiger partial charge in [0.2, 0.25) is 15.9 Å². The number of nitrogens with zero attached hydrogens (tertiary/aromatic N) is 3. The lowest BCUT2D eigenvalue weighted by molar-refractivity contribution is 0.0600. The number of hydrogen-bond acceptors (Lipinski definition) is 7. The molecule has 0 aliphatic carbocycles. The number of aromatic nitrogens is 2. The van der Waals surface area contributed by atoms with Gasteiger partial charge in [0.05, 0.1) is 30.3 Å². The summed E-state index contributed by atoms with van der Waals surface area (Å²) in [6, 6.07) is 5.70. The molecule has 0 spiro atoms. The van der Waals surface area contributed by atoms with Gasteiger partial charge in [-0.3, -0.25) is 4.98 Å². The van der Waals surface area contributed by atoms with Gasteiger partial charge in [-0.25, -0.2) is 18.2 Å². The first-order chi connectivity index (χ1) is 12.5. The van der Waals surface area contributed by atoms with Crippen molar-refractivity contribution in [2.24, 2.45) is 0 Å². The van der Waals surface area contributed by atoms with Gasteiger partial charge >= 0.3 is 5.97 Å². The Morgan fingerprint density at radius 1 is 1.23 bits per heavy atom. The largest absolute Gasteiger partial charge is 0.472 e. The van der Waals surface area contributed by atoms with Crippen LogP contribution in [0, 0.1) is 0 Å². The van der Waals surface area contributed by atoms with E-state index < -0.39 is 16.0 Å². The van der Waals surface area contributed by atoms with Crippen molar-refractivity contribution in [2.75, 3.05) is 20.2 Å². The number of methoxy groups -OCH3 is 1. The second-order valence-corrected chi connectivity index (χ2v) is 7.74. The van der Waals surface area contributed by atoms with Crippen LogP contribution in [0.4, 0.5) is 0 Å². The fourth-order valence-electron chi connectivity index (χ4n) is 2.77. The van der Waals surface area contributed by atoms with Gasteiger partial charge in [-0.1, -0.05) is 0 Å². The molecular weight excluding hydrogens is 358 g/mol. The Labute approximate surface area is 151 Å². The van der Waals surface area contributed by atoms with Gasteiger partial charge in [-0.05, 0) is 37.1 Å². The number of hydrogen-bond donors (Lipinski definition) is 0. The fourth-order valence-corrected chi connectivity index (χ4v) is 4.28. The van der Waals surface area contributed by atoms with Crippen LogP contribution in [-0.4, -0.2) is 55.0 Å². The van der Waals surface area contributed by atoms with Crippen molar-refractivity contribution in [3.05, 3.63) is 48.4 Å². The minimum absolute atomic E-state index is 0.130. The highest BCUT2D eigenvalue weighted by atomic mass is 32.2. The van der Waals surface area contributed by atoms with Crippen LogP contribution in [0.25, 0.3) is 0 Å². The molecule has 1 aromatic carbocycles. The van der Waals surface area contributed by atoms with E-state index in [1.165, 1.54) is 48.1 Å². The summed E-state index contributed by atoms with van der Waals surface area (Å²) in [5.41, 5.74) is 0.300. The van der Waals surface area contributed by atoms with Crippen LogP contribution in [0.1, 0.15) is 23.2 Å². The number of rotatable bonds is 5. The Morgan fingerprint density at radius 3 is 2.65 bits per heavy atom. The van der Waals surface area contributed by atoms with E-state index in [1.54, 1.807) is 6.20 Å². The zero-order valence-electron chi connectivity index (χ0n) is 14.2. The normalized spacial score (nSPS) is 18.3. The maximum Gasteiger partial charge on any atom is 0.337 e. The summed E-state index contributed by atoms with van der Waals surface area (Å²) in [7, 11) is -2.40. The van der Waals surface area contributed by atoms with Crippen molar-refractivity contribution in [3.8, 4) is 5.88 Å². The number of sulfonamides is 1. The van der Waals surface area contributed by atoms with Crippen molar-refractivity contribution in [1.29, 1.82) is 0 Å². The first kappa shape index (κ1) is 18.3. The molecule has 2 aromatic rings. The highest BCUT2D eigenvalue weighted by molar-refractivity contribution is 7.89. The molecule has 0 N–H and O–H groups in total. The molecule has 1 unspecified atom stereocenters. The number of ether oxygens (including phenoxy) is 2. The second-order valence-electron chi connectivity index (χ2n) is 5.80. The van der Waals surface area contributed by atoms with Gasteiger partial charge < -0.3 is 9.47 Å². The van der Waals surface area contributed by atoms with Crippen LogP contribution in [-0.2, 0) is 14.8 Å². The molecule has 1 saturated heterocycles. The lowest BCUT2D eigenvalue weighted by Gasteiger charge is -2.31. The molecule has 1 aliphatic heterocycles. The molecule has 0 saturated carbocycles. The van der Waals surface area contributed by atoms with Crippen molar-refractivity contribution >= 4 is 16.0 Å². The average molecular weight is 377 g/mol. The van der Waals surface area contributed by atoms with E-state index in [-0.39, 0.29) is 17.5 Å². The topological polar surface area (TPSA) is 98.7 Å². The summed E-state index contributed by atoms with van der Waals surface area (Å²) in [6.45, 7) is 0.652. The monoisotopic (exact) mass is 377 g/mol. The van der Waals surface area contributed by atoms with Crippen molar-refractivity contribution < 1.29 is 22.7 Å². The minimum Gasteiger partial charge on any atom is -0.472 e. The Kier molecular flexibility index (Phi) is 5.48. The highest BCUT2D eigenvalue weighted by Crippen LogP contribution is 2.23. The molecule has 2 heterocycles. The predicted octanol–water partition coefficient (Wildman–Crippen LogP) is 1.50. The Hall–Kier alpha value is -2.52. The van der Waals surface area contributed by atoms with Crippen molar-refractivity contribution in [1.82, 2.24) is 14.3 Å². The molecule has 1 aliphatic rings. The van der Waals surface area contributed by atoms with Crippen LogP contribution >= 0.6 is 0 Å². The van der Waals surface area contributed by atoms with E-state index in [0.717, 1.165) is 6.42 Å². The van der Waals surface area contributed by atoms with Gasteiger partial charge in [-0.15, -0.1) is 0 Å². The van der Waals surface area contributed by atoms with Crippen molar-refractivity contribution in [2.45, 2.75) is 23.8 Å². The van der Waals surface area contributed by atoms with Gasteiger partial charge in [0, 0.05) is 18.9 Å². The van der Waals surface area contributed by atoms with Crippen molar-refractivity contribution in [3.63, 3.8) is 0 Å². The molecule has 8 nitrogen and oxygen atoms in total. The van der Waals surface area contributed by atoms with Crippen LogP contribution in [0.15, 0.2) is 47.8 Å². The number of carbonyl (C=O) groups is 1. The Bertz CT molecular complexity index is 856. The third-order valence-corrected chi connectivity index (χ3v) is 5.96. The molecule has 1 aromatic heterocycles. The highest BCUT2D eigenvalue weighted by Gasteiger charge is 2.31.